The van der Waals surface area contributed by atoms with Crippen molar-refractivity contribution in [1.82, 2.24) is 14.5 Å². The molecule has 13 rings (SSSR count). The third-order valence-electron chi connectivity index (χ3n) is 14.0. The van der Waals surface area contributed by atoms with E-state index in [1.807, 2.05) is 30.3 Å². The molecule has 0 saturated heterocycles. The van der Waals surface area contributed by atoms with Crippen molar-refractivity contribution in [2.75, 3.05) is 0 Å². The quantitative estimate of drug-likeness (QED) is 0.173. The van der Waals surface area contributed by atoms with E-state index < -0.39 is 0 Å². The Kier molecular flexibility index (Phi) is 8.28. The fourth-order valence-corrected chi connectivity index (χ4v) is 10.8. The number of hydrogen-bond acceptors (Lipinski definition) is 3. The SMILES string of the molecule is CC1(C)c2ccccc2-c2ccc(-c3cccc4c3c3cc5ccccc5cc3n4-c3cc(-c4nc(-c5ccccc5)c5ccc(-c6ccccc6)cc5n4)c(C#N)c4ccccc34)cc21. The lowest BCUT2D eigenvalue weighted by atomic mass is 9.81. The topological polar surface area (TPSA) is 54.5 Å². The van der Waals surface area contributed by atoms with Gasteiger partial charge in [0.25, 0.3) is 0 Å². The van der Waals surface area contributed by atoms with E-state index in [0.717, 1.165) is 66.2 Å². The smallest absolute Gasteiger partial charge is 0.161 e. The van der Waals surface area contributed by atoms with Gasteiger partial charge in [-0.25, -0.2) is 9.97 Å². The zero-order chi connectivity index (χ0) is 44.1. The highest BCUT2D eigenvalue weighted by molar-refractivity contribution is 6.20. The van der Waals surface area contributed by atoms with Crippen LogP contribution in [0.5, 0.6) is 0 Å². The summed E-state index contributed by atoms with van der Waals surface area (Å²) in [5.74, 6) is 0.503. The Morgan fingerprint density at radius 2 is 1.11 bits per heavy atom. The summed E-state index contributed by atoms with van der Waals surface area (Å²) in [5.41, 5.74) is 16.7. The molecule has 10 aromatic carbocycles. The van der Waals surface area contributed by atoms with E-state index in [0.29, 0.717) is 17.0 Å². The normalized spacial score (nSPS) is 12.8. The minimum absolute atomic E-state index is 0.133. The van der Waals surface area contributed by atoms with Crippen molar-refractivity contribution < 1.29 is 0 Å². The number of aromatic nitrogens is 3. The van der Waals surface area contributed by atoms with Gasteiger partial charge in [0.05, 0.1) is 33.5 Å². The monoisotopic (exact) mass is 840 g/mol. The van der Waals surface area contributed by atoms with Crippen molar-refractivity contribution in [3.63, 3.8) is 0 Å². The van der Waals surface area contributed by atoms with Gasteiger partial charge in [0.15, 0.2) is 5.82 Å². The minimum Gasteiger partial charge on any atom is -0.309 e. The molecule has 2 aromatic heterocycles. The lowest BCUT2D eigenvalue weighted by Gasteiger charge is -2.22. The molecule has 12 aromatic rings. The van der Waals surface area contributed by atoms with Crippen molar-refractivity contribution in [3.8, 4) is 67.8 Å². The van der Waals surface area contributed by atoms with Crippen molar-refractivity contribution >= 4 is 54.3 Å². The number of benzene rings is 10. The number of hydrogen-bond donors (Lipinski definition) is 0. The van der Waals surface area contributed by atoms with E-state index in [-0.39, 0.29) is 5.41 Å². The van der Waals surface area contributed by atoms with E-state index in [4.69, 9.17) is 9.97 Å². The van der Waals surface area contributed by atoms with Gasteiger partial charge in [-0.1, -0.05) is 178 Å². The first-order chi connectivity index (χ1) is 32.4. The summed E-state index contributed by atoms with van der Waals surface area (Å²) in [6.07, 6.45) is 0. The van der Waals surface area contributed by atoms with Crippen molar-refractivity contribution in [1.29, 1.82) is 5.26 Å². The number of nitriles is 1. The maximum absolute atomic E-state index is 11.2. The molecule has 0 saturated carbocycles. The van der Waals surface area contributed by atoms with Crippen LogP contribution in [0.1, 0.15) is 30.5 Å². The molecular formula is C62H40N4. The molecule has 0 radical (unpaired) electrons. The van der Waals surface area contributed by atoms with Gasteiger partial charge < -0.3 is 4.57 Å². The molecule has 0 unspecified atom stereocenters. The summed E-state index contributed by atoms with van der Waals surface area (Å²) in [6, 6.07) is 76.1. The lowest BCUT2D eigenvalue weighted by molar-refractivity contribution is 0.660. The van der Waals surface area contributed by atoms with E-state index in [9.17, 15) is 5.26 Å². The zero-order valence-electron chi connectivity index (χ0n) is 36.4. The molecule has 0 spiro atoms. The minimum atomic E-state index is -0.133. The van der Waals surface area contributed by atoms with Crippen LogP contribution in [0.15, 0.2) is 206 Å². The van der Waals surface area contributed by atoms with Gasteiger partial charge in [0.1, 0.15) is 6.07 Å². The Bertz CT molecular complexity index is 4020. The molecule has 4 heteroatoms. The third-order valence-corrected chi connectivity index (χ3v) is 14.0. The molecule has 1 aliphatic carbocycles. The van der Waals surface area contributed by atoms with Gasteiger partial charge in [0.2, 0.25) is 0 Å². The predicted molar refractivity (Wildman–Crippen MR) is 273 cm³/mol. The van der Waals surface area contributed by atoms with Crippen LogP contribution >= 0.6 is 0 Å². The van der Waals surface area contributed by atoms with Gasteiger partial charge in [-0.2, -0.15) is 5.26 Å². The van der Waals surface area contributed by atoms with Crippen LogP contribution in [0.3, 0.4) is 0 Å². The van der Waals surface area contributed by atoms with Gasteiger partial charge in [0, 0.05) is 43.5 Å². The molecule has 0 N–H and O–H groups in total. The van der Waals surface area contributed by atoms with Crippen LogP contribution in [0.4, 0.5) is 0 Å². The average molecular weight is 841 g/mol. The van der Waals surface area contributed by atoms with Crippen LogP contribution in [0.2, 0.25) is 0 Å². The van der Waals surface area contributed by atoms with Crippen LogP contribution in [0.25, 0.3) is 116 Å². The second-order valence-corrected chi connectivity index (χ2v) is 18.0. The number of fused-ring (bicyclic) bond motifs is 9. The average Bonchev–Trinajstić information content (AvgIpc) is 3.81. The highest BCUT2D eigenvalue weighted by atomic mass is 15.0. The molecule has 4 nitrogen and oxygen atoms in total. The second kappa shape index (κ2) is 14.4. The number of rotatable bonds is 5. The summed E-state index contributed by atoms with van der Waals surface area (Å²) in [6.45, 7) is 4.69. The van der Waals surface area contributed by atoms with E-state index in [2.05, 4.69) is 200 Å². The first kappa shape index (κ1) is 37.9. The van der Waals surface area contributed by atoms with Crippen molar-refractivity contribution in [3.05, 3.63) is 223 Å². The van der Waals surface area contributed by atoms with Crippen LogP contribution in [0, 0.1) is 11.3 Å². The van der Waals surface area contributed by atoms with Gasteiger partial charge in [-0.05, 0) is 97.7 Å². The molecule has 0 amide bonds. The van der Waals surface area contributed by atoms with Crippen LogP contribution in [-0.4, -0.2) is 14.5 Å². The first-order valence-corrected chi connectivity index (χ1v) is 22.5. The summed E-state index contributed by atoms with van der Waals surface area (Å²) < 4.78 is 2.41. The highest BCUT2D eigenvalue weighted by Gasteiger charge is 2.35. The van der Waals surface area contributed by atoms with Gasteiger partial charge in [-0.15, -0.1) is 0 Å². The van der Waals surface area contributed by atoms with Crippen molar-refractivity contribution in [2.24, 2.45) is 0 Å². The fraction of sp³-hybridized carbons (Fsp3) is 0.0484. The molecule has 1 aliphatic rings. The lowest BCUT2D eigenvalue weighted by Crippen LogP contribution is -2.14. The molecule has 0 atom stereocenters. The van der Waals surface area contributed by atoms with Crippen LogP contribution in [-0.2, 0) is 5.41 Å². The van der Waals surface area contributed by atoms with Crippen molar-refractivity contribution in [2.45, 2.75) is 19.3 Å². The maximum atomic E-state index is 11.2. The fourth-order valence-electron chi connectivity index (χ4n) is 10.8. The maximum Gasteiger partial charge on any atom is 0.161 e. The molecule has 308 valence electrons. The summed E-state index contributed by atoms with van der Waals surface area (Å²) >= 11 is 0. The van der Waals surface area contributed by atoms with Gasteiger partial charge >= 0.3 is 0 Å². The standard InChI is InChI=1S/C62H40N4/c1-62(2)53-26-14-13-23-46(53)47-30-29-43(33-54(47)62)44-25-15-27-56-59(44)51-32-40-20-9-10-21-41(40)35-57(51)66(56)58-36-50(52(37-63)45-22-11-12-24-48(45)58)61-64-55-34-42(38-16-5-3-6-17-38)28-31-49(55)60(65-61)39-18-7-4-8-19-39/h3-36H,1-2H3. The zero-order valence-corrected chi connectivity index (χ0v) is 36.4. The summed E-state index contributed by atoms with van der Waals surface area (Å²) in [7, 11) is 0. The molecule has 0 fully saturated rings. The van der Waals surface area contributed by atoms with E-state index >= 15 is 0 Å². The third kappa shape index (κ3) is 5.63. The Hall–Kier alpha value is -8.65. The predicted octanol–water partition coefficient (Wildman–Crippen LogP) is 15.9. The second-order valence-electron chi connectivity index (χ2n) is 18.0. The Morgan fingerprint density at radius 3 is 1.91 bits per heavy atom. The summed E-state index contributed by atoms with van der Waals surface area (Å²) in [4.78, 5) is 10.7. The van der Waals surface area contributed by atoms with Crippen LogP contribution < -0.4 is 0 Å². The first-order valence-electron chi connectivity index (χ1n) is 22.5. The molecular weight excluding hydrogens is 801 g/mol. The Morgan fingerprint density at radius 1 is 0.439 bits per heavy atom. The molecule has 0 aliphatic heterocycles. The largest absolute Gasteiger partial charge is 0.309 e. The van der Waals surface area contributed by atoms with E-state index in [1.54, 1.807) is 0 Å². The summed E-state index contributed by atoms with van der Waals surface area (Å²) in [5, 5.41) is 18.6. The Balaban J connectivity index is 1.11. The molecule has 0 bridgehead atoms. The Labute approximate surface area is 382 Å². The van der Waals surface area contributed by atoms with E-state index in [1.165, 1.54) is 49.5 Å². The number of nitrogens with zero attached hydrogens (tertiary/aromatic N) is 4. The molecule has 2 heterocycles. The molecule has 66 heavy (non-hydrogen) atoms. The van der Waals surface area contributed by atoms with Gasteiger partial charge in [-0.3, -0.25) is 0 Å². The highest BCUT2D eigenvalue weighted by Crippen LogP contribution is 2.51.